The van der Waals surface area contributed by atoms with Crippen molar-refractivity contribution >= 4 is 5.91 Å². The molecule has 1 atom stereocenters. The maximum atomic E-state index is 11.3. The molecule has 0 saturated heterocycles. The van der Waals surface area contributed by atoms with Gasteiger partial charge in [-0.3, -0.25) is 4.79 Å². The summed E-state index contributed by atoms with van der Waals surface area (Å²) in [5.41, 5.74) is 0.440. The first-order valence-electron chi connectivity index (χ1n) is 10.7. The van der Waals surface area contributed by atoms with Crippen molar-refractivity contribution in [3.8, 4) is 0 Å². The molecule has 148 valence electrons. The van der Waals surface area contributed by atoms with E-state index in [1.54, 1.807) is 6.92 Å². The smallest absolute Gasteiger partial charge is 0.248 e. The maximum Gasteiger partial charge on any atom is 0.248 e. The SMILES string of the molecule is C=C(C)C(=O)NC(O)CCCCCCCCCCCCCCCCC. The molecule has 0 aromatic heterocycles. The number of aliphatic hydroxyl groups is 1. The molecule has 0 aliphatic rings. The minimum atomic E-state index is -0.730. The Bertz CT molecular complexity index is 328. The maximum absolute atomic E-state index is 11.3. The number of carbonyl (C=O) groups is 1. The fourth-order valence-corrected chi connectivity index (χ4v) is 3.06. The predicted octanol–water partition coefficient (Wildman–Crippen LogP) is 6.26. The summed E-state index contributed by atoms with van der Waals surface area (Å²) in [6.45, 7) is 7.48. The molecule has 0 fully saturated rings. The van der Waals surface area contributed by atoms with Gasteiger partial charge in [-0.1, -0.05) is 103 Å². The third-order valence-corrected chi connectivity index (χ3v) is 4.77. The summed E-state index contributed by atoms with van der Waals surface area (Å²) in [5.74, 6) is -0.256. The second kappa shape index (κ2) is 18.0. The summed E-state index contributed by atoms with van der Waals surface area (Å²) in [7, 11) is 0. The predicted molar refractivity (Wildman–Crippen MR) is 109 cm³/mol. The number of rotatable bonds is 18. The van der Waals surface area contributed by atoms with E-state index in [4.69, 9.17) is 0 Å². The number of unbranched alkanes of at least 4 members (excludes halogenated alkanes) is 14. The fraction of sp³-hybridized carbons (Fsp3) is 0.864. The van der Waals surface area contributed by atoms with Crippen molar-refractivity contribution in [2.45, 2.75) is 123 Å². The molecule has 0 saturated carbocycles. The van der Waals surface area contributed by atoms with Gasteiger partial charge in [-0.15, -0.1) is 0 Å². The molecule has 0 aromatic rings. The van der Waals surface area contributed by atoms with Crippen LogP contribution in [0, 0.1) is 0 Å². The molecule has 0 bridgehead atoms. The number of amides is 1. The van der Waals surface area contributed by atoms with E-state index < -0.39 is 6.23 Å². The summed E-state index contributed by atoms with van der Waals surface area (Å²) in [5, 5.41) is 12.2. The van der Waals surface area contributed by atoms with Gasteiger partial charge in [-0.05, 0) is 19.8 Å². The van der Waals surface area contributed by atoms with Crippen LogP contribution in [0.15, 0.2) is 12.2 Å². The van der Waals surface area contributed by atoms with Gasteiger partial charge in [0.2, 0.25) is 5.91 Å². The lowest BCUT2D eigenvalue weighted by molar-refractivity contribution is -0.120. The van der Waals surface area contributed by atoms with Crippen LogP contribution in [0.1, 0.15) is 117 Å². The van der Waals surface area contributed by atoms with Crippen molar-refractivity contribution in [2.75, 3.05) is 0 Å². The van der Waals surface area contributed by atoms with Crippen molar-refractivity contribution in [2.24, 2.45) is 0 Å². The van der Waals surface area contributed by atoms with Gasteiger partial charge in [0.05, 0.1) is 0 Å². The first kappa shape index (κ1) is 24.2. The minimum absolute atomic E-state index is 0.256. The highest BCUT2D eigenvalue weighted by molar-refractivity contribution is 5.92. The highest BCUT2D eigenvalue weighted by Crippen LogP contribution is 2.13. The Balaban J connectivity index is 3.19. The molecule has 3 nitrogen and oxygen atoms in total. The fourth-order valence-electron chi connectivity index (χ4n) is 3.06. The molecule has 3 heteroatoms. The molecule has 2 N–H and O–H groups in total. The highest BCUT2D eigenvalue weighted by Gasteiger charge is 2.08. The lowest BCUT2D eigenvalue weighted by atomic mass is 10.0. The third kappa shape index (κ3) is 17.8. The van der Waals surface area contributed by atoms with Crippen LogP contribution in [-0.4, -0.2) is 17.2 Å². The Labute approximate surface area is 156 Å². The number of hydrogen-bond donors (Lipinski definition) is 2. The van der Waals surface area contributed by atoms with E-state index in [-0.39, 0.29) is 5.91 Å². The first-order valence-corrected chi connectivity index (χ1v) is 10.7. The molecular formula is C22H43NO2. The number of hydrogen-bond acceptors (Lipinski definition) is 2. The van der Waals surface area contributed by atoms with Crippen LogP contribution in [0.3, 0.4) is 0 Å². The summed E-state index contributed by atoms with van der Waals surface area (Å²) < 4.78 is 0. The van der Waals surface area contributed by atoms with Gasteiger partial charge in [0.15, 0.2) is 0 Å². The second-order valence-corrected chi connectivity index (χ2v) is 7.51. The molecule has 0 aromatic carbocycles. The number of aliphatic hydroxyl groups excluding tert-OH is 1. The van der Waals surface area contributed by atoms with Crippen LogP contribution in [0.2, 0.25) is 0 Å². The van der Waals surface area contributed by atoms with Crippen molar-refractivity contribution in [1.29, 1.82) is 0 Å². The molecule has 0 aliphatic heterocycles. The quantitative estimate of drug-likeness (QED) is 0.174. The molecular weight excluding hydrogens is 310 g/mol. The van der Waals surface area contributed by atoms with Gasteiger partial charge < -0.3 is 10.4 Å². The summed E-state index contributed by atoms with van der Waals surface area (Å²) in [6, 6.07) is 0. The van der Waals surface area contributed by atoms with Crippen molar-refractivity contribution in [3.63, 3.8) is 0 Å². The van der Waals surface area contributed by atoms with Gasteiger partial charge in [0.25, 0.3) is 0 Å². The molecule has 25 heavy (non-hydrogen) atoms. The number of carbonyl (C=O) groups excluding carboxylic acids is 1. The Morgan fingerprint density at radius 3 is 1.52 bits per heavy atom. The zero-order valence-electron chi connectivity index (χ0n) is 17.0. The Morgan fingerprint density at radius 2 is 1.16 bits per heavy atom. The van der Waals surface area contributed by atoms with Gasteiger partial charge in [-0.2, -0.15) is 0 Å². The zero-order valence-corrected chi connectivity index (χ0v) is 17.0. The highest BCUT2D eigenvalue weighted by atomic mass is 16.3. The van der Waals surface area contributed by atoms with E-state index in [1.165, 1.54) is 83.5 Å². The Kier molecular flexibility index (Phi) is 17.4. The van der Waals surface area contributed by atoms with Crippen LogP contribution >= 0.6 is 0 Å². The lowest BCUT2D eigenvalue weighted by Gasteiger charge is -2.12. The molecule has 0 heterocycles. The monoisotopic (exact) mass is 353 g/mol. The topological polar surface area (TPSA) is 49.3 Å². The van der Waals surface area contributed by atoms with Crippen molar-refractivity contribution < 1.29 is 9.90 Å². The summed E-state index contributed by atoms with van der Waals surface area (Å²) in [6.07, 6.45) is 19.9. The van der Waals surface area contributed by atoms with Crippen LogP contribution < -0.4 is 5.32 Å². The van der Waals surface area contributed by atoms with Gasteiger partial charge in [-0.25, -0.2) is 0 Å². The van der Waals surface area contributed by atoms with Crippen LogP contribution in [-0.2, 0) is 4.79 Å². The normalized spacial score (nSPS) is 12.1. The zero-order chi connectivity index (χ0) is 18.8. The molecule has 0 rings (SSSR count). The molecule has 0 radical (unpaired) electrons. The molecule has 1 unspecified atom stereocenters. The third-order valence-electron chi connectivity index (χ3n) is 4.77. The summed E-state index contributed by atoms with van der Waals surface area (Å²) >= 11 is 0. The first-order chi connectivity index (χ1) is 12.1. The Morgan fingerprint density at radius 1 is 0.800 bits per heavy atom. The van der Waals surface area contributed by atoms with Gasteiger partial charge in [0.1, 0.15) is 6.23 Å². The Hall–Kier alpha value is -0.830. The van der Waals surface area contributed by atoms with E-state index in [1.807, 2.05) is 0 Å². The lowest BCUT2D eigenvalue weighted by Crippen LogP contribution is -2.34. The molecule has 1 amide bonds. The summed E-state index contributed by atoms with van der Waals surface area (Å²) in [4.78, 5) is 11.3. The van der Waals surface area contributed by atoms with Crippen molar-refractivity contribution in [3.05, 3.63) is 12.2 Å². The molecule has 0 aliphatic carbocycles. The van der Waals surface area contributed by atoms with E-state index in [0.29, 0.717) is 12.0 Å². The minimum Gasteiger partial charge on any atom is -0.374 e. The van der Waals surface area contributed by atoms with Crippen LogP contribution in [0.25, 0.3) is 0 Å². The van der Waals surface area contributed by atoms with E-state index in [9.17, 15) is 9.90 Å². The van der Waals surface area contributed by atoms with Gasteiger partial charge >= 0.3 is 0 Å². The van der Waals surface area contributed by atoms with E-state index >= 15 is 0 Å². The largest absolute Gasteiger partial charge is 0.374 e. The second-order valence-electron chi connectivity index (χ2n) is 7.51. The molecule has 0 spiro atoms. The van der Waals surface area contributed by atoms with E-state index in [2.05, 4.69) is 18.8 Å². The van der Waals surface area contributed by atoms with Gasteiger partial charge in [0, 0.05) is 5.57 Å². The van der Waals surface area contributed by atoms with E-state index in [0.717, 1.165) is 12.8 Å². The van der Waals surface area contributed by atoms with Crippen LogP contribution in [0.4, 0.5) is 0 Å². The average molecular weight is 354 g/mol. The standard InChI is InChI=1S/C22H43NO2/c1-4-5-6-7-8-9-10-11-12-13-14-15-16-17-18-19-21(24)23-22(25)20(2)3/h21,24H,2,4-19H2,1,3H3,(H,23,25). The number of nitrogens with one attached hydrogen (secondary N) is 1. The van der Waals surface area contributed by atoms with Crippen molar-refractivity contribution in [1.82, 2.24) is 5.32 Å². The van der Waals surface area contributed by atoms with Crippen LogP contribution in [0.5, 0.6) is 0 Å². The average Bonchev–Trinajstić information content (AvgIpc) is 2.58.